The van der Waals surface area contributed by atoms with E-state index in [-0.39, 0.29) is 18.1 Å². The van der Waals surface area contributed by atoms with Gasteiger partial charge in [0.1, 0.15) is 5.82 Å². The monoisotopic (exact) mass is 249 g/mol. The first-order valence-corrected chi connectivity index (χ1v) is 6.33. The second-order valence-electron chi connectivity index (χ2n) is 4.37. The molecule has 1 aliphatic heterocycles. The molecule has 0 bridgehead atoms. The Morgan fingerprint density at radius 2 is 2.44 bits per heavy atom. The van der Waals surface area contributed by atoms with E-state index in [9.17, 15) is 4.79 Å². The highest BCUT2D eigenvalue weighted by Gasteiger charge is 2.26. The first kappa shape index (κ1) is 12.8. The SMILES string of the molecule is CCNc1ncccc1C(=O)NC1CCOC1C. The molecule has 1 aliphatic rings. The molecule has 98 valence electrons. The van der Waals surface area contributed by atoms with Gasteiger partial charge in [0.05, 0.1) is 17.7 Å². The summed E-state index contributed by atoms with van der Waals surface area (Å²) in [5.74, 6) is 0.533. The molecule has 2 unspecified atom stereocenters. The van der Waals surface area contributed by atoms with Crippen LogP contribution >= 0.6 is 0 Å². The van der Waals surface area contributed by atoms with Crippen LogP contribution in [-0.4, -0.2) is 36.2 Å². The number of aromatic nitrogens is 1. The molecule has 18 heavy (non-hydrogen) atoms. The molecule has 2 heterocycles. The van der Waals surface area contributed by atoms with E-state index in [1.54, 1.807) is 18.3 Å². The van der Waals surface area contributed by atoms with Crippen LogP contribution in [-0.2, 0) is 4.74 Å². The van der Waals surface area contributed by atoms with E-state index in [1.807, 2.05) is 13.8 Å². The van der Waals surface area contributed by atoms with E-state index in [0.29, 0.717) is 18.0 Å². The van der Waals surface area contributed by atoms with Gasteiger partial charge in [-0.25, -0.2) is 4.98 Å². The van der Waals surface area contributed by atoms with Crippen LogP contribution in [0.2, 0.25) is 0 Å². The molecule has 0 spiro atoms. The summed E-state index contributed by atoms with van der Waals surface area (Å²) in [6.45, 7) is 5.40. The van der Waals surface area contributed by atoms with Gasteiger partial charge in [-0.05, 0) is 32.4 Å². The molecule has 1 aromatic rings. The van der Waals surface area contributed by atoms with E-state index in [1.165, 1.54) is 0 Å². The predicted molar refractivity (Wildman–Crippen MR) is 69.7 cm³/mol. The largest absolute Gasteiger partial charge is 0.376 e. The van der Waals surface area contributed by atoms with Gasteiger partial charge < -0.3 is 15.4 Å². The molecule has 0 aromatic carbocycles. The van der Waals surface area contributed by atoms with E-state index in [4.69, 9.17) is 4.74 Å². The lowest BCUT2D eigenvalue weighted by molar-refractivity contribution is 0.0866. The Hall–Kier alpha value is -1.62. The molecule has 1 aromatic heterocycles. The average molecular weight is 249 g/mol. The van der Waals surface area contributed by atoms with Crippen molar-refractivity contribution in [1.82, 2.24) is 10.3 Å². The Kier molecular flexibility index (Phi) is 4.15. The summed E-state index contributed by atoms with van der Waals surface area (Å²) in [5, 5.41) is 6.09. The zero-order valence-electron chi connectivity index (χ0n) is 10.8. The van der Waals surface area contributed by atoms with Crippen LogP contribution in [0.4, 0.5) is 5.82 Å². The maximum atomic E-state index is 12.2. The highest BCUT2D eigenvalue weighted by atomic mass is 16.5. The predicted octanol–water partition coefficient (Wildman–Crippen LogP) is 1.42. The van der Waals surface area contributed by atoms with Crippen molar-refractivity contribution in [3.63, 3.8) is 0 Å². The van der Waals surface area contributed by atoms with Crippen molar-refractivity contribution in [3.8, 4) is 0 Å². The Balaban J connectivity index is 2.08. The molecule has 0 saturated carbocycles. The lowest BCUT2D eigenvalue weighted by Gasteiger charge is -2.17. The van der Waals surface area contributed by atoms with Gasteiger partial charge in [0.2, 0.25) is 0 Å². The highest BCUT2D eigenvalue weighted by Crippen LogP contribution is 2.15. The van der Waals surface area contributed by atoms with Crippen LogP contribution in [0.3, 0.4) is 0 Å². The number of amides is 1. The summed E-state index contributed by atoms with van der Waals surface area (Å²) >= 11 is 0. The molecule has 0 aliphatic carbocycles. The third kappa shape index (κ3) is 2.79. The van der Waals surface area contributed by atoms with Gasteiger partial charge in [-0.2, -0.15) is 0 Å². The zero-order chi connectivity index (χ0) is 13.0. The minimum absolute atomic E-state index is 0.0770. The number of nitrogens with zero attached hydrogens (tertiary/aromatic N) is 1. The van der Waals surface area contributed by atoms with Gasteiger partial charge >= 0.3 is 0 Å². The van der Waals surface area contributed by atoms with Crippen LogP contribution < -0.4 is 10.6 Å². The molecule has 2 rings (SSSR count). The minimum atomic E-state index is -0.0959. The van der Waals surface area contributed by atoms with Crippen LogP contribution in [0.15, 0.2) is 18.3 Å². The van der Waals surface area contributed by atoms with Crippen LogP contribution in [0.1, 0.15) is 30.6 Å². The molecule has 5 heteroatoms. The lowest BCUT2D eigenvalue weighted by atomic mass is 10.1. The van der Waals surface area contributed by atoms with Gasteiger partial charge in [-0.1, -0.05) is 0 Å². The number of anilines is 1. The van der Waals surface area contributed by atoms with Crippen molar-refractivity contribution in [3.05, 3.63) is 23.9 Å². The second kappa shape index (κ2) is 5.82. The molecule has 1 amide bonds. The topological polar surface area (TPSA) is 63.2 Å². The molecule has 2 N–H and O–H groups in total. The highest BCUT2D eigenvalue weighted by molar-refractivity contribution is 5.98. The Morgan fingerprint density at radius 3 is 3.11 bits per heavy atom. The fourth-order valence-corrected chi connectivity index (χ4v) is 2.06. The van der Waals surface area contributed by atoms with Crippen LogP contribution in [0.25, 0.3) is 0 Å². The van der Waals surface area contributed by atoms with Gasteiger partial charge in [-0.3, -0.25) is 4.79 Å². The number of hydrogen-bond donors (Lipinski definition) is 2. The third-order valence-electron chi connectivity index (χ3n) is 3.09. The Labute approximate surface area is 107 Å². The average Bonchev–Trinajstić information content (AvgIpc) is 2.76. The van der Waals surface area contributed by atoms with E-state index in [2.05, 4.69) is 15.6 Å². The molecule has 5 nitrogen and oxygen atoms in total. The van der Waals surface area contributed by atoms with E-state index in [0.717, 1.165) is 13.0 Å². The van der Waals surface area contributed by atoms with E-state index < -0.39 is 0 Å². The standard InChI is InChI=1S/C13H19N3O2/c1-3-14-12-10(5-4-7-15-12)13(17)16-11-6-8-18-9(11)2/h4-5,7,9,11H,3,6,8H2,1-2H3,(H,14,15)(H,16,17). The number of carbonyl (C=O) groups excluding carboxylic acids is 1. The van der Waals surface area contributed by atoms with Crippen molar-refractivity contribution in [1.29, 1.82) is 0 Å². The quantitative estimate of drug-likeness (QED) is 0.847. The van der Waals surface area contributed by atoms with Crippen molar-refractivity contribution < 1.29 is 9.53 Å². The van der Waals surface area contributed by atoms with Gasteiger partial charge in [0, 0.05) is 19.3 Å². The number of rotatable bonds is 4. The summed E-state index contributed by atoms with van der Waals surface area (Å²) in [6.07, 6.45) is 2.62. The van der Waals surface area contributed by atoms with E-state index >= 15 is 0 Å². The smallest absolute Gasteiger partial charge is 0.255 e. The number of hydrogen-bond acceptors (Lipinski definition) is 4. The zero-order valence-corrected chi connectivity index (χ0v) is 10.8. The number of nitrogens with one attached hydrogen (secondary N) is 2. The summed E-state index contributed by atoms with van der Waals surface area (Å²) in [7, 11) is 0. The van der Waals surface area contributed by atoms with Crippen LogP contribution in [0, 0.1) is 0 Å². The second-order valence-corrected chi connectivity index (χ2v) is 4.37. The molecule has 0 radical (unpaired) electrons. The summed E-state index contributed by atoms with van der Waals surface area (Å²) < 4.78 is 5.43. The van der Waals surface area contributed by atoms with Crippen molar-refractivity contribution in [2.24, 2.45) is 0 Å². The lowest BCUT2D eigenvalue weighted by Crippen LogP contribution is -2.39. The Morgan fingerprint density at radius 1 is 1.61 bits per heavy atom. The normalized spacial score (nSPS) is 22.8. The first-order valence-electron chi connectivity index (χ1n) is 6.33. The molecular weight excluding hydrogens is 230 g/mol. The fraction of sp³-hybridized carbons (Fsp3) is 0.538. The first-order chi connectivity index (χ1) is 8.72. The molecule has 1 saturated heterocycles. The Bertz CT molecular complexity index is 422. The van der Waals surface area contributed by atoms with Crippen molar-refractivity contribution in [2.45, 2.75) is 32.4 Å². The summed E-state index contributed by atoms with van der Waals surface area (Å²) in [5.41, 5.74) is 0.582. The van der Waals surface area contributed by atoms with Crippen LogP contribution in [0.5, 0.6) is 0 Å². The summed E-state index contributed by atoms with van der Waals surface area (Å²) in [6, 6.07) is 3.64. The molecule has 1 fully saturated rings. The number of carbonyl (C=O) groups is 1. The summed E-state index contributed by atoms with van der Waals surface area (Å²) in [4.78, 5) is 16.4. The van der Waals surface area contributed by atoms with Gasteiger partial charge in [0.25, 0.3) is 5.91 Å². The third-order valence-corrected chi connectivity index (χ3v) is 3.09. The maximum Gasteiger partial charge on any atom is 0.255 e. The molecular formula is C13H19N3O2. The van der Waals surface area contributed by atoms with Crippen molar-refractivity contribution in [2.75, 3.05) is 18.5 Å². The number of pyridine rings is 1. The van der Waals surface area contributed by atoms with Crippen molar-refractivity contribution >= 4 is 11.7 Å². The van der Waals surface area contributed by atoms with Gasteiger partial charge in [-0.15, -0.1) is 0 Å². The number of ether oxygens (including phenoxy) is 1. The minimum Gasteiger partial charge on any atom is -0.376 e. The van der Waals surface area contributed by atoms with Gasteiger partial charge in [0.15, 0.2) is 0 Å². The maximum absolute atomic E-state index is 12.2. The fourth-order valence-electron chi connectivity index (χ4n) is 2.06. The molecule has 2 atom stereocenters.